The van der Waals surface area contributed by atoms with Crippen molar-refractivity contribution in [1.82, 2.24) is 9.88 Å². The zero-order valence-corrected chi connectivity index (χ0v) is 17.6. The van der Waals surface area contributed by atoms with Crippen LogP contribution in [-0.4, -0.2) is 41.7 Å². The monoisotopic (exact) mass is 408 g/mol. The fraction of sp³-hybridized carbons (Fsp3) is 0.417. The van der Waals surface area contributed by atoms with Crippen LogP contribution in [-0.2, 0) is 11.3 Å². The lowest BCUT2D eigenvalue weighted by atomic mass is 10.0. The Labute approximate surface area is 176 Å². The van der Waals surface area contributed by atoms with Crippen LogP contribution in [0.3, 0.4) is 0 Å². The molecule has 1 aliphatic heterocycles. The quantitative estimate of drug-likeness (QED) is 0.526. The minimum atomic E-state index is -0.438. The normalized spacial score (nSPS) is 17.2. The molecule has 6 heteroatoms. The van der Waals surface area contributed by atoms with E-state index in [4.69, 9.17) is 13.9 Å². The molecule has 3 aromatic rings. The smallest absolute Gasteiger partial charge is 0.374 e. The molecule has 1 aliphatic rings. The number of benzene rings is 1. The second kappa shape index (κ2) is 9.30. The summed E-state index contributed by atoms with van der Waals surface area (Å²) in [7, 11) is 0. The zero-order chi connectivity index (χ0) is 20.9. The van der Waals surface area contributed by atoms with Gasteiger partial charge < -0.3 is 13.9 Å². The van der Waals surface area contributed by atoms with Crippen LogP contribution in [0.1, 0.15) is 47.9 Å². The van der Waals surface area contributed by atoms with Gasteiger partial charge in [0, 0.05) is 30.5 Å². The number of fused-ring (bicyclic) bond motifs is 1. The number of likely N-dealkylation sites (tertiary alicyclic amines) is 1. The third-order valence-electron chi connectivity index (χ3n) is 5.67. The summed E-state index contributed by atoms with van der Waals surface area (Å²) in [6.45, 7) is 6.51. The predicted octanol–water partition coefficient (Wildman–Crippen LogP) is 4.75. The highest BCUT2D eigenvalue weighted by Gasteiger charge is 2.25. The maximum absolute atomic E-state index is 12.2. The molecular weight excluding hydrogens is 380 g/mol. The minimum Gasteiger partial charge on any atom is -0.491 e. The lowest BCUT2D eigenvalue weighted by molar-refractivity contribution is 0.0491. The van der Waals surface area contributed by atoms with Gasteiger partial charge in [0.1, 0.15) is 17.9 Å². The van der Waals surface area contributed by atoms with Crippen molar-refractivity contribution in [3.8, 4) is 5.75 Å². The number of pyridine rings is 1. The second-order valence-electron chi connectivity index (χ2n) is 7.70. The highest BCUT2D eigenvalue weighted by Crippen LogP contribution is 2.34. The van der Waals surface area contributed by atoms with Gasteiger partial charge in [-0.2, -0.15) is 0 Å². The van der Waals surface area contributed by atoms with Gasteiger partial charge in [-0.1, -0.05) is 18.6 Å². The summed E-state index contributed by atoms with van der Waals surface area (Å²) in [5, 5.41) is 0.843. The summed E-state index contributed by atoms with van der Waals surface area (Å²) < 4.78 is 17.2. The number of hydrogen-bond donors (Lipinski definition) is 0. The Morgan fingerprint density at radius 3 is 2.97 bits per heavy atom. The zero-order valence-electron chi connectivity index (χ0n) is 17.6. The van der Waals surface area contributed by atoms with Gasteiger partial charge in [0.15, 0.2) is 0 Å². The molecule has 1 fully saturated rings. The molecule has 2 aromatic heterocycles. The number of piperidine rings is 1. The maximum atomic E-state index is 12.2. The number of esters is 1. The summed E-state index contributed by atoms with van der Waals surface area (Å²) in [5.74, 6) is 0.557. The molecule has 1 atom stereocenters. The summed E-state index contributed by atoms with van der Waals surface area (Å²) in [4.78, 5) is 18.9. The highest BCUT2D eigenvalue weighted by molar-refractivity contribution is 5.98. The van der Waals surface area contributed by atoms with Crippen LogP contribution >= 0.6 is 0 Å². The number of ether oxygens (including phenoxy) is 2. The standard InChI is InChI=1S/C24H28N2O4/c1-3-28-24(27)23-17(2)22-20(10-6-11-21(22)30-23)29-16-19-9-4-5-13-26(19)15-18-8-7-12-25-14-18/h6-8,10-12,14,19H,3-5,9,13,15-16H2,1-2H3. The molecule has 0 radical (unpaired) electrons. The first-order valence-electron chi connectivity index (χ1n) is 10.6. The van der Waals surface area contributed by atoms with E-state index in [0.29, 0.717) is 24.8 Å². The molecular formula is C24H28N2O4. The number of hydrogen-bond acceptors (Lipinski definition) is 6. The Bertz CT molecular complexity index is 999. The van der Waals surface area contributed by atoms with Crippen molar-refractivity contribution in [3.63, 3.8) is 0 Å². The van der Waals surface area contributed by atoms with Gasteiger partial charge in [-0.05, 0) is 57.0 Å². The molecule has 1 unspecified atom stereocenters. The van der Waals surface area contributed by atoms with E-state index in [1.54, 1.807) is 13.1 Å². The number of aromatic nitrogens is 1. The fourth-order valence-corrected chi connectivity index (χ4v) is 4.15. The molecule has 6 nitrogen and oxygen atoms in total. The Balaban J connectivity index is 1.51. The summed E-state index contributed by atoms with van der Waals surface area (Å²) in [5.41, 5.74) is 2.62. The van der Waals surface area contributed by atoms with E-state index < -0.39 is 5.97 Å². The van der Waals surface area contributed by atoms with Gasteiger partial charge in [0.25, 0.3) is 0 Å². The van der Waals surface area contributed by atoms with Gasteiger partial charge in [0.05, 0.1) is 12.0 Å². The van der Waals surface area contributed by atoms with Crippen molar-refractivity contribution >= 4 is 16.9 Å². The van der Waals surface area contributed by atoms with Crippen LogP contribution in [0.2, 0.25) is 0 Å². The first-order chi connectivity index (χ1) is 14.7. The Morgan fingerprint density at radius 2 is 2.17 bits per heavy atom. The Morgan fingerprint density at radius 1 is 1.27 bits per heavy atom. The third-order valence-corrected chi connectivity index (χ3v) is 5.67. The van der Waals surface area contributed by atoms with Crippen LogP contribution in [0.4, 0.5) is 0 Å². The SMILES string of the molecule is CCOC(=O)c1oc2cccc(OCC3CCCCN3Cc3cccnc3)c2c1C. The van der Waals surface area contributed by atoms with Crippen molar-refractivity contribution in [2.45, 2.75) is 45.7 Å². The van der Waals surface area contributed by atoms with E-state index in [0.717, 1.165) is 36.2 Å². The number of nitrogens with zero attached hydrogens (tertiary/aromatic N) is 2. The molecule has 0 amide bonds. The van der Waals surface area contributed by atoms with E-state index in [2.05, 4.69) is 16.0 Å². The van der Waals surface area contributed by atoms with Gasteiger partial charge >= 0.3 is 5.97 Å². The molecule has 3 heterocycles. The maximum Gasteiger partial charge on any atom is 0.374 e. The number of carbonyl (C=O) groups excluding carboxylic acids is 1. The lowest BCUT2D eigenvalue weighted by Gasteiger charge is -2.35. The molecule has 158 valence electrons. The predicted molar refractivity (Wildman–Crippen MR) is 115 cm³/mol. The summed E-state index contributed by atoms with van der Waals surface area (Å²) in [6, 6.07) is 10.1. The first-order valence-corrected chi connectivity index (χ1v) is 10.6. The van der Waals surface area contributed by atoms with Crippen LogP contribution in [0.25, 0.3) is 11.0 Å². The van der Waals surface area contributed by atoms with Crippen molar-refractivity contribution in [3.05, 3.63) is 59.6 Å². The van der Waals surface area contributed by atoms with E-state index in [9.17, 15) is 4.79 Å². The van der Waals surface area contributed by atoms with Gasteiger partial charge in [-0.15, -0.1) is 0 Å². The number of carbonyl (C=O) groups is 1. The Kier molecular flexibility index (Phi) is 6.33. The third kappa shape index (κ3) is 4.33. The van der Waals surface area contributed by atoms with Gasteiger partial charge in [-0.3, -0.25) is 9.88 Å². The molecule has 4 rings (SSSR count). The van der Waals surface area contributed by atoms with Crippen LogP contribution in [0, 0.1) is 6.92 Å². The van der Waals surface area contributed by atoms with Crippen molar-refractivity contribution in [2.75, 3.05) is 19.8 Å². The summed E-state index contributed by atoms with van der Waals surface area (Å²) in [6.07, 6.45) is 7.25. The van der Waals surface area contributed by atoms with Crippen molar-refractivity contribution in [1.29, 1.82) is 0 Å². The summed E-state index contributed by atoms with van der Waals surface area (Å²) >= 11 is 0. The number of rotatable bonds is 7. The van der Waals surface area contributed by atoms with E-state index in [1.165, 1.54) is 18.4 Å². The van der Waals surface area contributed by atoms with Gasteiger partial charge in [0.2, 0.25) is 5.76 Å². The average Bonchev–Trinajstić information content (AvgIpc) is 3.11. The molecule has 0 saturated carbocycles. The number of furan rings is 1. The van der Waals surface area contributed by atoms with E-state index in [-0.39, 0.29) is 5.76 Å². The largest absolute Gasteiger partial charge is 0.491 e. The number of aryl methyl sites for hydroxylation is 1. The topological polar surface area (TPSA) is 64.8 Å². The van der Waals surface area contributed by atoms with Crippen LogP contribution in [0.5, 0.6) is 5.75 Å². The molecule has 30 heavy (non-hydrogen) atoms. The van der Waals surface area contributed by atoms with E-state index >= 15 is 0 Å². The van der Waals surface area contributed by atoms with Crippen LogP contribution in [0.15, 0.2) is 47.1 Å². The second-order valence-corrected chi connectivity index (χ2v) is 7.70. The minimum absolute atomic E-state index is 0.249. The van der Waals surface area contributed by atoms with E-state index in [1.807, 2.05) is 37.4 Å². The molecule has 1 saturated heterocycles. The first kappa shape index (κ1) is 20.4. The van der Waals surface area contributed by atoms with Gasteiger partial charge in [-0.25, -0.2) is 4.79 Å². The Hall–Kier alpha value is -2.86. The highest BCUT2D eigenvalue weighted by atomic mass is 16.5. The van der Waals surface area contributed by atoms with Crippen molar-refractivity contribution < 1.29 is 18.7 Å². The molecule has 0 aliphatic carbocycles. The molecule has 0 spiro atoms. The fourth-order valence-electron chi connectivity index (χ4n) is 4.15. The molecule has 1 aromatic carbocycles. The van der Waals surface area contributed by atoms with Crippen LogP contribution < -0.4 is 4.74 Å². The molecule has 0 N–H and O–H groups in total. The lowest BCUT2D eigenvalue weighted by Crippen LogP contribution is -2.42. The average molecular weight is 408 g/mol. The molecule has 0 bridgehead atoms. The van der Waals surface area contributed by atoms with Crippen molar-refractivity contribution in [2.24, 2.45) is 0 Å².